The molecule has 0 aliphatic carbocycles. The van der Waals surface area contributed by atoms with Crippen LogP contribution in [0.2, 0.25) is 0 Å². The fourth-order valence-corrected chi connectivity index (χ4v) is 2.67. The number of hydrogen-bond acceptors (Lipinski definition) is 8. The molecule has 8 nitrogen and oxygen atoms in total. The predicted octanol–water partition coefficient (Wildman–Crippen LogP) is -5.62. The number of rotatable bonds is 21. The average molecular weight is 446 g/mol. The molecule has 0 saturated heterocycles. The maximum atomic E-state index is 10.8. The minimum atomic E-state index is -1.31. The molecule has 0 aromatic carbocycles. The number of carbonyl (C=O) groups is 2. The first-order chi connectivity index (χ1) is 13.5. The first-order valence-electron chi connectivity index (χ1n) is 10.2. The van der Waals surface area contributed by atoms with E-state index in [1.807, 2.05) is 0 Å². The molecule has 0 aromatic rings. The smallest absolute Gasteiger partial charge is 0.549 e. The van der Waals surface area contributed by atoms with Gasteiger partial charge in [-0.05, 0) is 6.42 Å². The van der Waals surface area contributed by atoms with E-state index in [0.717, 1.165) is 12.8 Å². The van der Waals surface area contributed by atoms with Crippen molar-refractivity contribution in [1.29, 1.82) is 0 Å². The van der Waals surface area contributed by atoms with Crippen LogP contribution in [0.4, 0.5) is 0 Å². The fourth-order valence-electron chi connectivity index (χ4n) is 2.67. The number of unbranched alkanes of at least 4 members (excludes halogenated alkanes) is 7. The Morgan fingerprint density at radius 1 is 0.933 bits per heavy atom. The maximum Gasteiger partial charge on any atom is 1.00 e. The summed E-state index contributed by atoms with van der Waals surface area (Å²) in [7, 11) is 0. The summed E-state index contributed by atoms with van der Waals surface area (Å²) < 4.78 is 4.86. The summed E-state index contributed by atoms with van der Waals surface area (Å²) in [5.74, 6) is -1.86. The fraction of sp³-hybridized carbons (Fsp3) is 0.800. The van der Waals surface area contributed by atoms with Crippen molar-refractivity contribution in [2.45, 2.75) is 64.7 Å². The van der Waals surface area contributed by atoms with Crippen molar-refractivity contribution >= 4 is 11.9 Å². The molecule has 0 fully saturated rings. The molecule has 0 radical (unpaired) electrons. The molecule has 0 aliphatic rings. The van der Waals surface area contributed by atoms with Crippen LogP contribution in [0.5, 0.6) is 0 Å². The Bertz CT molecular complexity index is 442. The largest absolute Gasteiger partial charge is 1.00 e. The van der Waals surface area contributed by atoms with Crippen molar-refractivity contribution in [3.8, 4) is 0 Å². The summed E-state index contributed by atoms with van der Waals surface area (Å²) in [5, 5.41) is 21.0. The van der Waals surface area contributed by atoms with Crippen molar-refractivity contribution in [3.05, 3.63) is 12.3 Å². The van der Waals surface area contributed by atoms with Gasteiger partial charge < -0.3 is 29.4 Å². The number of hydroxylamine groups is 1. The number of allylic oxidation sites excluding steroid dienone is 1. The molecule has 0 amide bonds. The van der Waals surface area contributed by atoms with Crippen molar-refractivity contribution < 1.29 is 88.5 Å². The third-order valence-corrected chi connectivity index (χ3v) is 4.18. The van der Waals surface area contributed by atoms with E-state index in [-0.39, 0.29) is 78.8 Å². The van der Waals surface area contributed by atoms with Gasteiger partial charge in [0.15, 0.2) is 0 Å². The van der Waals surface area contributed by atoms with Crippen LogP contribution >= 0.6 is 0 Å². The molecular formula is C20H36N2Na2O6. The normalized spacial score (nSPS) is 10.2. The van der Waals surface area contributed by atoms with E-state index in [9.17, 15) is 19.8 Å². The molecule has 1 N–H and O–H groups in total. The quantitative estimate of drug-likeness (QED) is 0.0804. The van der Waals surface area contributed by atoms with Crippen molar-refractivity contribution in [2.24, 2.45) is 0 Å². The number of hydrogen-bond donors (Lipinski definition) is 1. The summed E-state index contributed by atoms with van der Waals surface area (Å²) in [6.07, 6.45) is 10.8. The Labute approximate surface area is 225 Å². The maximum absolute atomic E-state index is 10.8. The molecule has 0 aliphatic heterocycles. The van der Waals surface area contributed by atoms with Crippen molar-refractivity contribution in [3.63, 3.8) is 0 Å². The topological polar surface area (TPSA) is 114 Å². The van der Waals surface area contributed by atoms with E-state index in [1.165, 1.54) is 44.9 Å². The predicted molar refractivity (Wildman–Crippen MR) is 103 cm³/mol. The number of ether oxygens (including phenoxy) is 1. The van der Waals surface area contributed by atoms with Crippen LogP contribution in [-0.4, -0.2) is 56.2 Å². The Kier molecular flexibility index (Phi) is 29.9. The van der Waals surface area contributed by atoms with Gasteiger partial charge in [0.2, 0.25) is 0 Å². The van der Waals surface area contributed by atoms with E-state index >= 15 is 0 Å². The molecule has 0 saturated carbocycles. The molecule has 0 aromatic heterocycles. The molecule has 0 spiro atoms. The van der Waals surface area contributed by atoms with Crippen LogP contribution in [-0.2, 0) is 19.2 Å². The molecule has 0 bridgehead atoms. The van der Waals surface area contributed by atoms with Crippen LogP contribution < -0.4 is 74.8 Å². The standard InChI is InChI=1S/C20H38N2O6.2Na/c1-3-4-5-6-7-8-9-10-11-18(2)28-21-12-13-22(16-19(23)24)14-15-27-17-20(25)26;;/h21H,2-17H2,1H3,(H,23,24)(H,25,26);;/q;2*+1/p-2. The minimum absolute atomic E-state index is 0. The van der Waals surface area contributed by atoms with Crippen LogP contribution in [0, 0.1) is 0 Å². The van der Waals surface area contributed by atoms with Gasteiger partial charge in [0.25, 0.3) is 0 Å². The Morgan fingerprint density at radius 3 is 2.10 bits per heavy atom. The van der Waals surface area contributed by atoms with Crippen LogP contribution in [0.15, 0.2) is 12.3 Å². The summed E-state index contributed by atoms with van der Waals surface area (Å²) in [6.45, 7) is 6.44. The van der Waals surface area contributed by atoms with E-state index in [4.69, 9.17) is 9.57 Å². The summed E-state index contributed by atoms with van der Waals surface area (Å²) in [4.78, 5) is 28.0. The number of carbonyl (C=O) groups excluding carboxylic acids is 2. The molecular weight excluding hydrogens is 410 g/mol. The van der Waals surface area contributed by atoms with Gasteiger partial charge in [0.1, 0.15) is 5.76 Å². The van der Waals surface area contributed by atoms with Gasteiger partial charge in [-0.25, -0.2) is 0 Å². The number of nitrogens with one attached hydrogen (secondary N) is 1. The van der Waals surface area contributed by atoms with Crippen LogP contribution in [0.1, 0.15) is 64.7 Å². The summed E-state index contributed by atoms with van der Waals surface area (Å²) >= 11 is 0. The van der Waals surface area contributed by atoms with Gasteiger partial charge in [-0.15, -0.1) is 0 Å². The van der Waals surface area contributed by atoms with Crippen molar-refractivity contribution in [2.75, 3.05) is 39.4 Å². The van der Waals surface area contributed by atoms with Gasteiger partial charge >= 0.3 is 59.1 Å². The Morgan fingerprint density at radius 2 is 1.53 bits per heavy atom. The zero-order valence-electron chi connectivity index (χ0n) is 19.2. The molecule has 0 unspecified atom stereocenters. The molecule has 0 atom stereocenters. The van der Waals surface area contributed by atoms with Gasteiger partial charge in [-0.2, -0.15) is 5.48 Å². The SMILES string of the molecule is C=C(CCCCCCCCCC)ONCCN(CCOCC(=O)[O-])CC(=O)[O-].[Na+].[Na+]. The second-order valence-electron chi connectivity index (χ2n) is 6.83. The average Bonchev–Trinajstić information content (AvgIpc) is 2.63. The molecule has 164 valence electrons. The Balaban J connectivity index is -0.00000364. The molecule has 0 heterocycles. The van der Waals surface area contributed by atoms with Crippen LogP contribution in [0.3, 0.4) is 0 Å². The number of nitrogens with zero attached hydrogens (tertiary/aromatic N) is 1. The van der Waals surface area contributed by atoms with Crippen LogP contribution in [0.25, 0.3) is 0 Å². The first-order valence-corrected chi connectivity index (χ1v) is 10.2. The first kappa shape index (κ1) is 35.0. The molecule has 10 heteroatoms. The second-order valence-corrected chi connectivity index (χ2v) is 6.83. The van der Waals surface area contributed by atoms with Crippen molar-refractivity contribution in [1.82, 2.24) is 10.4 Å². The Hall–Kier alpha value is 0.360. The summed E-state index contributed by atoms with van der Waals surface area (Å²) in [6, 6.07) is 0. The number of carboxylic acid groups (broad SMARTS) is 2. The number of carboxylic acids is 2. The zero-order chi connectivity index (χ0) is 21.0. The van der Waals surface area contributed by atoms with E-state index < -0.39 is 18.5 Å². The van der Waals surface area contributed by atoms with Gasteiger partial charge in [-0.3, -0.25) is 4.90 Å². The third kappa shape index (κ3) is 26.4. The number of aliphatic carboxylic acids is 2. The van der Waals surface area contributed by atoms with Gasteiger partial charge in [0.05, 0.1) is 25.2 Å². The third-order valence-electron chi connectivity index (χ3n) is 4.18. The van der Waals surface area contributed by atoms with E-state index in [0.29, 0.717) is 18.8 Å². The molecule has 30 heavy (non-hydrogen) atoms. The van der Waals surface area contributed by atoms with E-state index in [1.54, 1.807) is 4.90 Å². The van der Waals surface area contributed by atoms with Gasteiger partial charge in [-0.1, -0.05) is 58.4 Å². The zero-order valence-corrected chi connectivity index (χ0v) is 23.2. The second kappa shape index (κ2) is 25.6. The molecule has 0 rings (SSSR count). The minimum Gasteiger partial charge on any atom is -0.549 e. The monoisotopic (exact) mass is 446 g/mol. The van der Waals surface area contributed by atoms with Gasteiger partial charge in [0, 0.05) is 32.6 Å². The van der Waals surface area contributed by atoms with E-state index in [2.05, 4.69) is 19.0 Å². The summed E-state index contributed by atoms with van der Waals surface area (Å²) in [5.41, 5.74) is 2.77.